The monoisotopic (exact) mass is 394 g/mol. The Bertz CT molecular complexity index is 1070. The number of nitrogens with zero attached hydrogens (tertiary/aromatic N) is 4. The van der Waals surface area contributed by atoms with Crippen molar-refractivity contribution in [3.63, 3.8) is 0 Å². The van der Waals surface area contributed by atoms with Crippen LogP contribution in [0.25, 0.3) is 10.6 Å². The van der Waals surface area contributed by atoms with Crippen LogP contribution < -0.4 is 4.80 Å². The molecule has 0 radical (unpaired) electrons. The van der Waals surface area contributed by atoms with Crippen molar-refractivity contribution >= 4 is 28.4 Å². The Labute approximate surface area is 167 Å². The highest BCUT2D eigenvalue weighted by molar-refractivity contribution is 7.14. The van der Waals surface area contributed by atoms with Crippen molar-refractivity contribution in [2.45, 2.75) is 33.4 Å². The second-order valence-corrected chi connectivity index (χ2v) is 8.37. The summed E-state index contributed by atoms with van der Waals surface area (Å²) in [5, 5.41) is 4.36. The third-order valence-electron chi connectivity index (χ3n) is 4.51. The highest BCUT2D eigenvalue weighted by Gasteiger charge is 2.09. The second-order valence-electron chi connectivity index (χ2n) is 6.59. The molecule has 4 nitrogen and oxygen atoms in total. The molecule has 4 aromatic rings. The van der Waals surface area contributed by atoms with Gasteiger partial charge >= 0.3 is 0 Å². The minimum atomic E-state index is 0.929. The van der Waals surface area contributed by atoms with Crippen LogP contribution >= 0.6 is 22.7 Å². The van der Waals surface area contributed by atoms with Crippen LogP contribution in [-0.2, 0) is 13.1 Å². The van der Waals surface area contributed by atoms with E-state index in [0.717, 1.165) is 30.0 Å². The maximum Gasteiger partial charge on any atom is 0.190 e. The molecular formula is C21H22N4S2. The van der Waals surface area contributed by atoms with E-state index in [1.165, 1.54) is 21.7 Å². The summed E-state index contributed by atoms with van der Waals surface area (Å²) in [4.78, 5) is 11.5. The van der Waals surface area contributed by atoms with Gasteiger partial charge in [0.1, 0.15) is 0 Å². The lowest BCUT2D eigenvalue weighted by Gasteiger charge is -2.09. The van der Waals surface area contributed by atoms with E-state index >= 15 is 0 Å². The van der Waals surface area contributed by atoms with Crippen molar-refractivity contribution < 1.29 is 0 Å². The Morgan fingerprint density at radius 2 is 2.04 bits per heavy atom. The van der Waals surface area contributed by atoms with E-state index in [1.54, 1.807) is 22.7 Å². The maximum atomic E-state index is 5.01. The van der Waals surface area contributed by atoms with Gasteiger partial charge in [0, 0.05) is 30.9 Å². The summed E-state index contributed by atoms with van der Waals surface area (Å²) in [5.41, 5.74) is 4.75. The van der Waals surface area contributed by atoms with E-state index in [9.17, 15) is 0 Å². The van der Waals surface area contributed by atoms with E-state index in [4.69, 9.17) is 4.99 Å². The molecule has 0 unspecified atom stereocenters. The van der Waals surface area contributed by atoms with Gasteiger partial charge in [0.2, 0.25) is 0 Å². The molecule has 27 heavy (non-hydrogen) atoms. The van der Waals surface area contributed by atoms with Gasteiger partial charge in [0.25, 0.3) is 0 Å². The molecule has 138 valence electrons. The normalized spacial score (nSPS) is 12.0. The van der Waals surface area contributed by atoms with Crippen molar-refractivity contribution in [1.82, 2.24) is 14.1 Å². The van der Waals surface area contributed by atoms with E-state index in [1.807, 2.05) is 18.7 Å². The number of hydrogen-bond acceptors (Lipinski definition) is 4. The Kier molecular flexibility index (Phi) is 5.36. The highest BCUT2D eigenvalue weighted by Crippen LogP contribution is 2.26. The smallest absolute Gasteiger partial charge is 0.190 e. The van der Waals surface area contributed by atoms with Gasteiger partial charge in [-0.3, -0.25) is 0 Å². The Morgan fingerprint density at radius 1 is 1.11 bits per heavy atom. The standard InChI is InChI=1S/C21H22N4S2/c1-16-6-7-17(2)18(13-16)23-21-25(10-4-9-24-11-8-22-15-24)19(14-27-21)20-5-3-12-26-20/h3,5-8,11-15H,4,9-10H2,1-2H3. The van der Waals surface area contributed by atoms with Crippen LogP contribution in [0.2, 0.25) is 0 Å². The van der Waals surface area contributed by atoms with Crippen LogP contribution in [0, 0.1) is 13.8 Å². The van der Waals surface area contributed by atoms with Crippen LogP contribution in [0.1, 0.15) is 17.5 Å². The topological polar surface area (TPSA) is 35.1 Å². The van der Waals surface area contributed by atoms with Crippen molar-refractivity contribution in [2.24, 2.45) is 4.99 Å². The molecule has 0 aliphatic carbocycles. The van der Waals surface area contributed by atoms with E-state index < -0.39 is 0 Å². The summed E-state index contributed by atoms with van der Waals surface area (Å²) in [5.74, 6) is 0. The van der Waals surface area contributed by atoms with Crippen LogP contribution in [0.4, 0.5) is 5.69 Å². The zero-order chi connectivity index (χ0) is 18.6. The molecular weight excluding hydrogens is 372 g/mol. The molecule has 0 spiro atoms. The number of thiophene rings is 1. The predicted octanol–water partition coefficient (Wildman–Crippen LogP) is 5.41. The van der Waals surface area contributed by atoms with Crippen LogP contribution in [0.15, 0.2) is 64.8 Å². The largest absolute Gasteiger partial charge is 0.337 e. The molecule has 0 aliphatic rings. The van der Waals surface area contributed by atoms with Gasteiger partial charge in [-0.25, -0.2) is 9.98 Å². The third-order valence-corrected chi connectivity index (χ3v) is 6.27. The minimum absolute atomic E-state index is 0.929. The lowest BCUT2D eigenvalue weighted by Crippen LogP contribution is -2.17. The van der Waals surface area contributed by atoms with Gasteiger partial charge in [-0.1, -0.05) is 18.2 Å². The van der Waals surface area contributed by atoms with Crippen molar-refractivity contribution in [3.05, 3.63) is 75.7 Å². The van der Waals surface area contributed by atoms with E-state index in [2.05, 4.69) is 69.1 Å². The molecule has 6 heteroatoms. The first-order valence-corrected chi connectivity index (χ1v) is 10.8. The van der Waals surface area contributed by atoms with Gasteiger partial charge in [-0.2, -0.15) is 0 Å². The first kappa shape index (κ1) is 17.9. The third kappa shape index (κ3) is 4.12. The molecule has 0 N–H and O–H groups in total. The molecule has 0 fully saturated rings. The number of rotatable bonds is 6. The van der Waals surface area contributed by atoms with Gasteiger partial charge in [0.15, 0.2) is 4.80 Å². The van der Waals surface area contributed by atoms with E-state index in [0.29, 0.717) is 0 Å². The van der Waals surface area contributed by atoms with Crippen LogP contribution in [-0.4, -0.2) is 14.1 Å². The summed E-state index contributed by atoms with van der Waals surface area (Å²) in [7, 11) is 0. The van der Waals surface area contributed by atoms with E-state index in [-0.39, 0.29) is 0 Å². The summed E-state index contributed by atoms with van der Waals surface area (Å²) >= 11 is 3.49. The quantitative estimate of drug-likeness (QED) is 0.430. The molecule has 0 bridgehead atoms. The first-order chi connectivity index (χ1) is 13.2. The lowest BCUT2D eigenvalue weighted by atomic mass is 10.1. The molecule has 3 aromatic heterocycles. The zero-order valence-electron chi connectivity index (χ0n) is 15.5. The SMILES string of the molecule is Cc1ccc(C)c(N=c2scc(-c3cccs3)n2CCCn2ccnc2)c1. The van der Waals surface area contributed by atoms with Crippen LogP contribution in [0.3, 0.4) is 0 Å². The number of aromatic nitrogens is 3. The summed E-state index contributed by atoms with van der Waals surface area (Å²) < 4.78 is 4.48. The summed E-state index contributed by atoms with van der Waals surface area (Å²) in [6.07, 6.45) is 6.75. The van der Waals surface area contributed by atoms with Gasteiger partial charge < -0.3 is 9.13 Å². The average molecular weight is 395 g/mol. The van der Waals surface area contributed by atoms with Gasteiger partial charge in [0.05, 0.1) is 22.6 Å². The fourth-order valence-corrected chi connectivity index (χ4v) is 4.79. The fraction of sp³-hybridized carbons (Fsp3) is 0.238. The second kappa shape index (κ2) is 8.06. The molecule has 0 aliphatic heterocycles. The number of imidazole rings is 1. The molecule has 0 atom stereocenters. The summed E-state index contributed by atoms with van der Waals surface area (Å²) in [6, 6.07) is 10.7. The van der Waals surface area contributed by atoms with Crippen molar-refractivity contribution in [3.8, 4) is 10.6 Å². The number of hydrogen-bond donors (Lipinski definition) is 0. The molecule has 4 rings (SSSR count). The summed E-state index contributed by atoms with van der Waals surface area (Å²) in [6.45, 7) is 6.12. The first-order valence-electron chi connectivity index (χ1n) is 9.00. The maximum absolute atomic E-state index is 5.01. The highest BCUT2D eigenvalue weighted by atomic mass is 32.1. The Balaban J connectivity index is 1.70. The van der Waals surface area contributed by atoms with Crippen molar-refractivity contribution in [2.75, 3.05) is 0 Å². The van der Waals surface area contributed by atoms with Crippen LogP contribution in [0.5, 0.6) is 0 Å². The predicted molar refractivity (Wildman–Crippen MR) is 114 cm³/mol. The number of thiazole rings is 1. The fourth-order valence-electron chi connectivity index (χ4n) is 3.03. The molecule has 0 saturated heterocycles. The lowest BCUT2D eigenvalue weighted by molar-refractivity contribution is 0.559. The average Bonchev–Trinajstić information content (AvgIpc) is 3.41. The molecule has 0 amide bonds. The Hall–Kier alpha value is -2.44. The zero-order valence-corrected chi connectivity index (χ0v) is 17.1. The Morgan fingerprint density at radius 3 is 2.81 bits per heavy atom. The molecule has 3 heterocycles. The van der Waals surface area contributed by atoms with Gasteiger partial charge in [-0.15, -0.1) is 22.7 Å². The number of benzene rings is 1. The molecule has 0 saturated carbocycles. The molecule has 1 aromatic carbocycles. The van der Waals surface area contributed by atoms with Crippen molar-refractivity contribution in [1.29, 1.82) is 0 Å². The minimum Gasteiger partial charge on any atom is -0.337 e. The number of aryl methyl sites for hydroxylation is 3. The van der Waals surface area contributed by atoms with Gasteiger partial charge in [-0.05, 0) is 48.9 Å².